The van der Waals surface area contributed by atoms with Crippen molar-refractivity contribution in [2.24, 2.45) is 16.8 Å². The van der Waals surface area contributed by atoms with Crippen molar-refractivity contribution in [3.05, 3.63) is 0 Å². The summed E-state index contributed by atoms with van der Waals surface area (Å²) in [6.07, 6.45) is 6.72. The summed E-state index contributed by atoms with van der Waals surface area (Å²) in [5, 5.41) is 9.16. The summed E-state index contributed by atoms with van der Waals surface area (Å²) >= 11 is 0. The van der Waals surface area contributed by atoms with Crippen molar-refractivity contribution < 1.29 is 9.59 Å². The largest absolute Gasteiger partial charge is 0.355 e. The van der Waals surface area contributed by atoms with Crippen LogP contribution in [0.2, 0.25) is 0 Å². The van der Waals surface area contributed by atoms with Gasteiger partial charge >= 0.3 is 6.03 Å². The normalized spacial score (nSPS) is 22.3. The smallest absolute Gasteiger partial charge is 0.324 e. The highest BCUT2D eigenvalue weighted by atomic mass is 16.2. The first-order valence-electron chi connectivity index (χ1n) is 9.08. The van der Waals surface area contributed by atoms with Crippen LogP contribution in [0.3, 0.4) is 0 Å². The lowest BCUT2D eigenvalue weighted by Gasteiger charge is -2.33. The van der Waals surface area contributed by atoms with E-state index < -0.39 is 0 Å². The summed E-state index contributed by atoms with van der Waals surface area (Å²) in [6.45, 7) is 5.45. The Morgan fingerprint density at radius 3 is 2.58 bits per heavy atom. The number of guanidine groups is 1. The van der Waals surface area contributed by atoms with Crippen molar-refractivity contribution in [2.75, 3.05) is 26.7 Å². The zero-order valence-corrected chi connectivity index (χ0v) is 15.1. The number of carbonyl (C=O) groups excluding carboxylic acids is 2. The number of nitrogens with one attached hydrogen (secondary N) is 3. The molecular formula is C17H31N5O2. The zero-order chi connectivity index (χ0) is 17.5. The van der Waals surface area contributed by atoms with Crippen molar-refractivity contribution in [3.63, 3.8) is 0 Å². The van der Waals surface area contributed by atoms with E-state index in [9.17, 15) is 9.59 Å². The van der Waals surface area contributed by atoms with Gasteiger partial charge in [-0.3, -0.25) is 14.7 Å². The average molecular weight is 337 g/mol. The molecule has 0 radical (unpaired) electrons. The molecule has 0 aromatic carbocycles. The van der Waals surface area contributed by atoms with Gasteiger partial charge in [0.05, 0.1) is 6.54 Å². The molecule has 3 N–H and O–H groups in total. The van der Waals surface area contributed by atoms with Gasteiger partial charge in [-0.2, -0.15) is 0 Å². The molecule has 0 aromatic rings. The minimum atomic E-state index is -0.316. The Morgan fingerprint density at radius 1 is 1.29 bits per heavy atom. The van der Waals surface area contributed by atoms with Gasteiger partial charge in [-0.25, -0.2) is 4.79 Å². The molecule has 136 valence electrons. The molecule has 1 saturated heterocycles. The molecule has 2 unspecified atom stereocenters. The maximum absolute atomic E-state index is 11.5. The highest BCUT2D eigenvalue weighted by molar-refractivity contribution is 6.01. The topological polar surface area (TPSA) is 85.8 Å². The van der Waals surface area contributed by atoms with Crippen molar-refractivity contribution in [2.45, 2.75) is 52.0 Å². The Morgan fingerprint density at radius 2 is 2.00 bits per heavy atom. The summed E-state index contributed by atoms with van der Waals surface area (Å²) in [4.78, 5) is 28.5. The quantitative estimate of drug-likeness (QED) is 0.387. The van der Waals surface area contributed by atoms with E-state index in [0.29, 0.717) is 25.0 Å². The van der Waals surface area contributed by atoms with Crippen molar-refractivity contribution in [3.8, 4) is 0 Å². The number of amides is 3. The molecule has 24 heavy (non-hydrogen) atoms. The molecular weight excluding hydrogens is 306 g/mol. The number of rotatable bonds is 6. The Labute approximate surface area is 144 Å². The van der Waals surface area contributed by atoms with Crippen LogP contribution in [0, 0.1) is 11.8 Å². The summed E-state index contributed by atoms with van der Waals surface area (Å²) < 4.78 is 0. The Balaban J connectivity index is 1.74. The molecule has 1 aliphatic carbocycles. The molecule has 1 aliphatic heterocycles. The van der Waals surface area contributed by atoms with Crippen LogP contribution in [-0.2, 0) is 4.79 Å². The van der Waals surface area contributed by atoms with Crippen LogP contribution >= 0.6 is 0 Å². The number of imide groups is 1. The van der Waals surface area contributed by atoms with E-state index in [0.717, 1.165) is 11.9 Å². The van der Waals surface area contributed by atoms with Crippen LogP contribution in [-0.4, -0.2) is 55.5 Å². The van der Waals surface area contributed by atoms with Crippen molar-refractivity contribution in [1.82, 2.24) is 20.9 Å². The van der Waals surface area contributed by atoms with E-state index in [2.05, 4.69) is 34.8 Å². The molecule has 3 amide bonds. The van der Waals surface area contributed by atoms with Gasteiger partial charge < -0.3 is 16.0 Å². The molecule has 0 spiro atoms. The van der Waals surface area contributed by atoms with E-state index >= 15 is 0 Å². The van der Waals surface area contributed by atoms with Gasteiger partial charge in [0, 0.05) is 26.2 Å². The SMILES string of the molecule is CN=C(NCCN1C(=O)CNC1=O)NC(C)C(C)C1CCCCC1. The van der Waals surface area contributed by atoms with Crippen LogP contribution in [0.4, 0.5) is 4.79 Å². The molecule has 1 saturated carbocycles. The minimum Gasteiger partial charge on any atom is -0.355 e. The van der Waals surface area contributed by atoms with Crippen molar-refractivity contribution >= 4 is 17.9 Å². The molecule has 2 atom stereocenters. The van der Waals surface area contributed by atoms with Gasteiger partial charge in [-0.15, -0.1) is 0 Å². The number of hydrogen-bond donors (Lipinski definition) is 3. The van der Waals surface area contributed by atoms with Crippen LogP contribution in [0.25, 0.3) is 0 Å². The Bertz CT molecular complexity index is 458. The van der Waals surface area contributed by atoms with E-state index in [1.807, 2.05) is 0 Å². The lowest BCUT2D eigenvalue weighted by atomic mass is 9.78. The average Bonchev–Trinajstić information content (AvgIpc) is 2.92. The first-order chi connectivity index (χ1) is 11.5. The van der Waals surface area contributed by atoms with Gasteiger partial charge in [0.2, 0.25) is 5.91 Å². The number of carbonyl (C=O) groups is 2. The molecule has 7 nitrogen and oxygen atoms in total. The molecule has 2 rings (SSSR count). The summed E-state index contributed by atoms with van der Waals surface area (Å²) in [6, 6.07) is 0.0139. The van der Waals surface area contributed by atoms with Crippen molar-refractivity contribution in [1.29, 1.82) is 0 Å². The highest BCUT2D eigenvalue weighted by Crippen LogP contribution is 2.31. The fourth-order valence-electron chi connectivity index (χ4n) is 3.58. The second-order valence-corrected chi connectivity index (χ2v) is 6.89. The van der Waals surface area contributed by atoms with Crippen LogP contribution in [0.1, 0.15) is 46.0 Å². The standard InChI is InChI=1S/C17H31N5O2/c1-12(14-7-5-4-6-8-14)13(2)21-16(18-3)19-9-10-22-15(23)11-20-17(22)24/h12-14H,4-11H2,1-3H3,(H,20,24)(H2,18,19,21). The first kappa shape index (κ1) is 18.5. The van der Waals surface area contributed by atoms with E-state index in [1.165, 1.54) is 37.0 Å². The second kappa shape index (κ2) is 8.89. The van der Waals surface area contributed by atoms with E-state index in [4.69, 9.17) is 0 Å². The van der Waals surface area contributed by atoms with E-state index in [-0.39, 0.29) is 18.5 Å². The molecule has 2 fully saturated rings. The molecule has 0 aromatic heterocycles. The maximum Gasteiger partial charge on any atom is 0.324 e. The fourth-order valence-corrected chi connectivity index (χ4v) is 3.58. The maximum atomic E-state index is 11.5. The summed E-state index contributed by atoms with van der Waals surface area (Å²) in [7, 11) is 1.74. The third kappa shape index (κ3) is 4.85. The minimum absolute atomic E-state index is 0.0990. The van der Waals surface area contributed by atoms with Gasteiger partial charge in [-0.1, -0.05) is 39.0 Å². The monoisotopic (exact) mass is 337 g/mol. The van der Waals surface area contributed by atoms with Gasteiger partial charge in [-0.05, 0) is 18.8 Å². The third-order valence-electron chi connectivity index (χ3n) is 5.33. The van der Waals surface area contributed by atoms with E-state index in [1.54, 1.807) is 7.05 Å². The Hall–Kier alpha value is -1.79. The van der Waals surface area contributed by atoms with Crippen LogP contribution in [0.15, 0.2) is 4.99 Å². The molecule has 1 heterocycles. The first-order valence-corrected chi connectivity index (χ1v) is 9.08. The lowest BCUT2D eigenvalue weighted by molar-refractivity contribution is -0.124. The lowest BCUT2D eigenvalue weighted by Crippen LogP contribution is -2.48. The molecule has 7 heteroatoms. The third-order valence-corrected chi connectivity index (χ3v) is 5.33. The number of aliphatic imine (C=N–C) groups is 1. The van der Waals surface area contributed by atoms with Gasteiger partial charge in [0.25, 0.3) is 0 Å². The number of nitrogens with zero attached hydrogens (tertiary/aromatic N) is 2. The second-order valence-electron chi connectivity index (χ2n) is 6.89. The zero-order valence-electron chi connectivity index (χ0n) is 15.1. The van der Waals surface area contributed by atoms with Crippen LogP contribution < -0.4 is 16.0 Å². The van der Waals surface area contributed by atoms with Crippen LogP contribution in [0.5, 0.6) is 0 Å². The fraction of sp³-hybridized carbons (Fsp3) is 0.824. The molecule has 2 aliphatic rings. The van der Waals surface area contributed by atoms with Gasteiger partial charge in [0.15, 0.2) is 5.96 Å². The Kier molecular flexibility index (Phi) is 6.87. The summed E-state index contributed by atoms with van der Waals surface area (Å²) in [5.41, 5.74) is 0. The number of urea groups is 1. The molecule has 0 bridgehead atoms. The highest BCUT2D eigenvalue weighted by Gasteiger charge is 2.28. The van der Waals surface area contributed by atoms with Gasteiger partial charge in [0.1, 0.15) is 0 Å². The number of hydrogen-bond acceptors (Lipinski definition) is 3. The predicted octanol–water partition coefficient (Wildman–Crippen LogP) is 1.31. The predicted molar refractivity (Wildman–Crippen MR) is 94.8 cm³/mol. The summed E-state index contributed by atoms with van der Waals surface area (Å²) in [5.74, 6) is 1.92.